The first kappa shape index (κ1) is 13.1. The first-order valence-corrected chi connectivity index (χ1v) is 4.99. The molecular formula is C9H15N5O3. The second kappa shape index (κ2) is 6.61. The van der Waals surface area contributed by atoms with Crippen molar-refractivity contribution in [3.63, 3.8) is 0 Å². The van der Waals surface area contributed by atoms with Crippen molar-refractivity contribution in [2.45, 2.75) is 0 Å². The van der Waals surface area contributed by atoms with E-state index in [9.17, 15) is 0 Å². The van der Waals surface area contributed by atoms with Gasteiger partial charge in [-0.1, -0.05) is 5.16 Å². The molecule has 0 aliphatic rings. The number of nitrogens with zero attached hydrogens (tertiary/aromatic N) is 4. The summed E-state index contributed by atoms with van der Waals surface area (Å²) in [5.74, 6) is 0.278. The zero-order valence-electron chi connectivity index (χ0n) is 9.19. The monoisotopic (exact) mass is 241 g/mol. The van der Waals surface area contributed by atoms with Crippen LogP contribution in [0.3, 0.4) is 0 Å². The molecule has 17 heavy (non-hydrogen) atoms. The van der Waals surface area contributed by atoms with Crippen LogP contribution in [0.15, 0.2) is 17.7 Å². The molecule has 0 aliphatic carbocycles. The highest BCUT2D eigenvalue weighted by atomic mass is 16.4. The number of hydrogen-bond donors (Lipinski definition) is 4. The van der Waals surface area contributed by atoms with Crippen LogP contribution in [0.25, 0.3) is 0 Å². The molecule has 8 heteroatoms. The van der Waals surface area contributed by atoms with Crippen LogP contribution in [0.2, 0.25) is 0 Å². The van der Waals surface area contributed by atoms with E-state index in [1.165, 1.54) is 12.5 Å². The number of aliphatic hydroxyl groups excluding tert-OH is 2. The minimum absolute atomic E-state index is 0.0976. The molecule has 0 atom stereocenters. The minimum atomic E-state index is -0.124. The molecule has 0 aromatic carbocycles. The summed E-state index contributed by atoms with van der Waals surface area (Å²) in [7, 11) is 0. The number of aliphatic hydroxyl groups is 2. The van der Waals surface area contributed by atoms with E-state index < -0.39 is 0 Å². The molecule has 0 fully saturated rings. The lowest BCUT2D eigenvalue weighted by Crippen LogP contribution is -2.33. The molecule has 1 heterocycles. The van der Waals surface area contributed by atoms with Crippen LogP contribution in [-0.4, -0.2) is 57.5 Å². The molecule has 0 amide bonds. The van der Waals surface area contributed by atoms with Gasteiger partial charge in [-0.05, 0) is 0 Å². The summed E-state index contributed by atoms with van der Waals surface area (Å²) >= 11 is 0. The molecule has 1 rings (SSSR count). The van der Waals surface area contributed by atoms with Crippen LogP contribution in [-0.2, 0) is 0 Å². The number of oxime groups is 1. The van der Waals surface area contributed by atoms with E-state index in [0.717, 1.165) is 0 Å². The molecule has 0 radical (unpaired) electrons. The van der Waals surface area contributed by atoms with Gasteiger partial charge >= 0.3 is 0 Å². The molecule has 1 aromatic heterocycles. The normalized spacial score (nSPS) is 11.5. The van der Waals surface area contributed by atoms with Crippen LogP contribution in [0.4, 0.5) is 5.82 Å². The van der Waals surface area contributed by atoms with E-state index in [1.54, 1.807) is 4.90 Å². The predicted molar refractivity (Wildman–Crippen MR) is 60.9 cm³/mol. The average Bonchev–Trinajstić information content (AvgIpc) is 2.37. The molecule has 0 saturated heterocycles. The molecule has 0 unspecified atom stereocenters. The number of rotatable bonds is 6. The molecule has 8 nitrogen and oxygen atoms in total. The van der Waals surface area contributed by atoms with Crippen molar-refractivity contribution >= 4 is 11.7 Å². The number of amidine groups is 1. The highest BCUT2D eigenvalue weighted by molar-refractivity contribution is 6.01. The SMILES string of the molecule is NC(=NO)c1cncnc1N(CCO)CCO. The van der Waals surface area contributed by atoms with E-state index in [-0.39, 0.29) is 32.1 Å². The second-order valence-electron chi connectivity index (χ2n) is 3.18. The van der Waals surface area contributed by atoms with Crippen LogP contribution in [0.1, 0.15) is 5.56 Å². The maximum absolute atomic E-state index is 8.93. The first-order chi connectivity index (χ1) is 8.24. The van der Waals surface area contributed by atoms with Crippen molar-refractivity contribution in [3.05, 3.63) is 18.1 Å². The molecule has 0 bridgehead atoms. The zero-order chi connectivity index (χ0) is 12.7. The fourth-order valence-corrected chi connectivity index (χ4v) is 1.37. The zero-order valence-corrected chi connectivity index (χ0v) is 9.19. The van der Waals surface area contributed by atoms with Gasteiger partial charge in [0, 0.05) is 19.3 Å². The van der Waals surface area contributed by atoms with Gasteiger partial charge in [0.25, 0.3) is 0 Å². The van der Waals surface area contributed by atoms with Crippen molar-refractivity contribution in [1.82, 2.24) is 9.97 Å². The number of hydrogen-bond acceptors (Lipinski definition) is 7. The highest BCUT2D eigenvalue weighted by Gasteiger charge is 2.15. The van der Waals surface area contributed by atoms with Crippen molar-refractivity contribution < 1.29 is 15.4 Å². The van der Waals surface area contributed by atoms with Gasteiger partial charge in [-0.25, -0.2) is 9.97 Å². The highest BCUT2D eigenvalue weighted by Crippen LogP contribution is 2.15. The van der Waals surface area contributed by atoms with Gasteiger partial charge in [0.05, 0.1) is 18.8 Å². The van der Waals surface area contributed by atoms with Gasteiger partial charge in [0.15, 0.2) is 5.84 Å². The van der Waals surface area contributed by atoms with Gasteiger partial charge < -0.3 is 26.1 Å². The Morgan fingerprint density at radius 2 is 2.00 bits per heavy atom. The summed E-state index contributed by atoms with van der Waals surface area (Å²) in [6.45, 7) is 0.367. The molecular weight excluding hydrogens is 226 g/mol. The Labute approximate surface area is 98.0 Å². The van der Waals surface area contributed by atoms with Crippen LogP contribution in [0.5, 0.6) is 0 Å². The van der Waals surface area contributed by atoms with E-state index in [4.69, 9.17) is 21.2 Å². The maximum atomic E-state index is 8.93. The first-order valence-electron chi connectivity index (χ1n) is 4.99. The molecule has 5 N–H and O–H groups in total. The second-order valence-corrected chi connectivity index (χ2v) is 3.18. The Morgan fingerprint density at radius 1 is 1.35 bits per heavy atom. The Kier molecular flexibility index (Phi) is 5.11. The van der Waals surface area contributed by atoms with Crippen LogP contribution >= 0.6 is 0 Å². The van der Waals surface area contributed by atoms with Crippen molar-refractivity contribution in [1.29, 1.82) is 0 Å². The van der Waals surface area contributed by atoms with Crippen LogP contribution < -0.4 is 10.6 Å². The third-order valence-corrected chi connectivity index (χ3v) is 2.11. The summed E-state index contributed by atoms with van der Waals surface area (Å²) in [5, 5.41) is 29.4. The maximum Gasteiger partial charge on any atom is 0.175 e. The van der Waals surface area contributed by atoms with E-state index in [0.29, 0.717) is 11.4 Å². The number of anilines is 1. The number of nitrogens with two attached hydrogens (primary N) is 1. The van der Waals surface area contributed by atoms with Crippen molar-refractivity contribution in [3.8, 4) is 0 Å². The third kappa shape index (κ3) is 3.26. The Balaban J connectivity index is 3.08. The predicted octanol–water partition coefficient (Wildman–Crippen LogP) is -1.64. The van der Waals surface area contributed by atoms with Crippen molar-refractivity contribution in [2.75, 3.05) is 31.2 Å². The van der Waals surface area contributed by atoms with Gasteiger partial charge in [0.1, 0.15) is 12.1 Å². The summed E-state index contributed by atoms with van der Waals surface area (Å²) in [4.78, 5) is 9.41. The molecule has 94 valence electrons. The lowest BCUT2D eigenvalue weighted by Gasteiger charge is -2.23. The average molecular weight is 241 g/mol. The summed E-state index contributed by atoms with van der Waals surface area (Å²) in [6, 6.07) is 0. The number of aromatic nitrogens is 2. The smallest absolute Gasteiger partial charge is 0.175 e. The van der Waals surface area contributed by atoms with Crippen molar-refractivity contribution in [2.24, 2.45) is 10.9 Å². The summed E-state index contributed by atoms with van der Waals surface area (Å²) in [6.07, 6.45) is 2.71. The van der Waals surface area contributed by atoms with Gasteiger partial charge in [-0.2, -0.15) is 0 Å². The lowest BCUT2D eigenvalue weighted by atomic mass is 10.2. The quantitative estimate of drug-likeness (QED) is 0.203. The Morgan fingerprint density at radius 3 is 2.53 bits per heavy atom. The fourth-order valence-electron chi connectivity index (χ4n) is 1.37. The fraction of sp³-hybridized carbons (Fsp3) is 0.444. The summed E-state index contributed by atoms with van der Waals surface area (Å²) < 4.78 is 0. The van der Waals surface area contributed by atoms with Crippen LogP contribution in [0, 0.1) is 0 Å². The summed E-state index contributed by atoms with van der Waals surface area (Å²) in [5.41, 5.74) is 5.84. The van der Waals surface area contributed by atoms with Gasteiger partial charge in [0.2, 0.25) is 0 Å². The molecule has 1 aromatic rings. The van der Waals surface area contributed by atoms with E-state index in [1.807, 2.05) is 0 Å². The third-order valence-electron chi connectivity index (χ3n) is 2.11. The molecule has 0 spiro atoms. The molecule has 0 saturated carbocycles. The standard InChI is InChI=1S/C9H15N5O3/c10-8(13-17)7-5-11-6-12-9(7)14(1-3-15)2-4-16/h5-6,15-17H,1-4H2,(H2,10,13). The Hall–Kier alpha value is -1.93. The molecule has 0 aliphatic heterocycles. The Bertz CT molecular complexity index is 379. The topological polar surface area (TPSA) is 128 Å². The largest absolute Gasteiger partial charge is 0.409 e. The van der Waals surface area contributed by atoms with Gasteiger partial charge in [-0.3, -0.25) is 0 Å². The van der Waals surface area contributed by atoms with Gasteiger partial charge in [-0.15, -0.1) is 0 Å². The van der Waals surface area contributed by atoms with E-state index >= 15 is 0 Å². The van der Waals surface area contributed by atoms with E-state index in [2.05, 4.69) is 15.1 Å². The lowest BCUT2D eigenvalue weighted by molar-refractivity contribution is 0.280. The minimum Gasteiger partial charge on any atom is -0.409 e.